The summed E-state index contributed by atoms with van der Waals surface area (Å²) in [6, 6.07) is 4.06. The van der Waals surface area contributed by atoms with Crippen LogP contribution in [0.4, 0.5) is 10.1 Å². The van der Waals surface area contributed by atoms with E-state index in [1.807, 2.05) is 13.8 Å². The first-order chi connectivity index (χ1) is 6.56. The molecule has 0 radical (unpaired) electrons. The molecule has 0 saturated heterocycles. The van der Waals surface area contributed by atoms with Crippen LogP contribution in [-0.2, 0) is 0 Å². The predicted molar refractivity (Wildman–Crippen MR) is 51.8 cm³/mol. The Morgan fingerprint density at radius 3 is 2.71 bits per heavy atom. The molecule has 1 rings (SSSR count). The van der Waals surface area contributed by atoms with Gasteiger partial charge in [0.15, 0.2) is 0 Å². The van der Waals surface area contributed by atoms with Gasteiger partial charge < -0.3 is 0 Å². The Kier molecular flexibility index (Phi) is 3.17. The summed E-state index contributed by atoms with van der Waals surface area (Å²) in [5, 5.41) is 10.5. The fraction of sp³-hybridized carbons (Fsp3) is 0.400. The Bertz CT molecular complexity index is 352. The third-order valence-corrected chi connectivity index (χ3v) is 2.35. The number of halogens is 1. The summed E-state index contributed by atoms with van der Waals surface area (Å²) in [5.74, 6) is -0.559. The van der Waals surface area contributed by atoms with E-state index in [4.69, 9.17) is 0 Å². The molecule has 1 aromatic rings. The molecule has 0 N–H and O–H groups in total. The Morgan fingerprint density at radius 1 is 1.57 bits per heavy atom. The first kappa shape index (κ1) is 10.6. The molecule has 0 amide bonds. The van der Waals surface area contributed by atoms with Gasteiger partial charge in [-0.05, 0) is 24.0 Å². The summed E-state index contributed by atoms with van der Waals surface area (Å²) in [5.41, 5.74) is 0.364. The maximum absolute atomic E-state index is 12.9. The van der Waals surface area contributed by atoms with E-state index in [2.05, 4.69) is 0 Å². The quantitative estimate of drug-likeness (QED) is 0.551. The lowest BCUT2D eigenvalue weighted by Gasteiger charge is -2.08. The highest BCUT2D eigenvalue weighted by Crippen LogP contribution is 2.25. The van der Waals surface area contributed by atoms with E-state index in [1.54, 1.807) is 6.07 Å². The highest BCUT2D eigenvalue weighted by atomic mass is 19.1. The molecule has 3 nitrogen and oxygen atoms in total. The largest absolute Gasteiger partial charge is 0.305 e. The van der Waals surface area contributed by atoms with Gasteiger partial charge in [0, 0.05) is 6.07 Å². The molecule has 0 heterocycles. The SMILES string of the molecule is CC[C@H](C)c1ccc(F)c([N+](=O)[O-])c1. The van der Waals surface area contributed by atoms with E-state index in [0.717, 1.165) is 18.1 Å². The average molecular weight is 197 g/mol. The molecule has 0 aliphatic carbocycles. The molecular formula is C10H12FNO2. The van der Waals surface area contributed by atoms with E-state index >= 15 is 0 Å². The van der Waals surface area contributed by atoms with E-state index in [1.165, 1.54) is 6.07 Å². The molecular weight excluding hydrogens is 185 g/mol. The van der Waals surface area contributed by atoms with Gasteiger partial charge in [-0.25, -0.2) is 0 Å². The maximum atomic E-state index is 12.9. The van der Waals surface area contributed by atoms with Crippen LogP contribution in [0.1, 0.15) is 31.7 Å². The number of rotatable bonds is 3. The number of nitro groups is 1. The molecule has 0 unspecified atom stereocenters. The van der Waals surface area contributed by atoms with Crippen molar-refractivity contribution < 1.29 is 9.31 Å². The lowest BCUT2D eigenvalue weighted by Crippen LogP contribution is -1.97. The average Bonchev–Trinajstić information content (AvgIpc) is 2.17. The van der Waals surface area contributed by atoms with Gasteiger partial charge in [-0.3, -0.25) is 10.1 Å². The first-order valence-electron chi connectivity index (χ1n) is 4.50. The number of hydrogen-bond acceptors (Lipinski definition) is 2. The van der Waals surface area contributed by atoms with Gasteiger partial charge in [-0.1, -0.05) is 19.9 Å². The van der Waals surface area contributed by atoms with Crippen LogP contribution in [0.5, 0.6) is 0 Å². The molecule has 0 aliphatic rings. The van der Waals surface area contributed by atoms with Crippen LogP contribution in [0.2, 0.25) is 0 Å². The van der Waals surface area contributed by atoms with Crippen molar-refractivity contribution >= 4 is 5.69 Å². The van der Waals surface area contributed by atoms with Crippen molar-refractivity contribution in [3.63, 3.8) is 0 Å². The fourth-order valence-corrected chi connectivity index (χ4v) is 1.21. The van der Waals surface area contributed by atoms with Crippen molar-refractivity contribution in [2.24, 2.45) is 0 Å². The van der Waals surface area contributed by atoms with E-state index in [9.17, 15) is 14.5 Å². The van der Waals surface area contributed by atoms with Crippen LogP contribution in [-0.4, -0.2) is 4.92 Å². The summed E-state index contributed by atoms with van der Waals surface area (Å²) in [6.07, 6.45) is 0.878. The second kappa shape index (κ2) is 4.17. The molecule has 1 aromatic carbocycles. The van der Waals surface area contributed by atoms with Crippen LogP contribution < -0.4 is 0 Å². The zero-order chi connectivity index (χ0) is 10.7. The molecule has 4 heteroatoms. The fourth-order valence-electron chi connectivity index (χ4n) is 1.21. The molecule has 0 fully saturated rings. The lowest BCUT2D eigenvalue weighted by molar-refractivity contribution is -0.387. The summed E-state index contributed by atoms with van der Waals surface area (Å²) < 4.78 is 12.9. The first-order valence-corrected chi connectivity index (χ1v) is 4.50. The summed E-state index contributed by atoms with van der Waals surface area (Å²) in [4.78, 5) is 9.76. The third-order valence-electron chi connectivity index (χ3n) is 2.35. The molecule has 76 valence electrons. The Morgan fingerprint density at radius 2 is 2.21 bits per heavy atom. The minimum Gasteiger partial charge on any atom is -0.258 e. The van der Waals surface area contributed by atoms with Crippen LogP contribution in [0.15, 0.2) is 18.2 Å². The van der Waals surface area contributed by atoms with Crippen LogP contribution in [0.3, 0.4) is 0 Å². The third kappa shape index (κ3) is 2.07. The summed E-state index contributed by atoms with van der Waals surface area (Å²) in [6.45, 7) is 3.94. The van der Waals surface area contributed by atoms with E-state index in [0.29, 0.717) is 0 Å². The lowest BCUT2D eigenvalue weighted by atomic mass is 9.98. The molecule has 0 aliphatic heterocycles. The molecule has 0 aromatic heterocycles. The second-order valence-corrected chi connectivity index (χ2v) is 3.28. The van der Waals surface area contributed by atoms with Crippen LogP contribution in [0, 0.1) is 15.9 Å². The standard InChI is InChI=1S/C10H12FNO2/c1-3-7(2)8-4-5-9(11)10(6-8)12(13)14/h4-7H,3H2,1-2H3/t7-/m0/s1. The van der Waals surface area contributed by atoms with Crippen molar-refractivity contribution in [2.75, 3.05) is 0 Å². The van der Waals surface area contributed by atoms with Gasteiger partial charge in [-0.2, -0.15) is 4.39 Å². The van der Waals surface area contributed by atoms with Crippen molar-refractivity contribution in [1.82, 2.24) is 0 Å². The second-order valence-electron chi connectivity index (χ2n) is 3.28. The molecule has 0 bridgehead atoms. The number of hydrogen-bond donors (Lipinski definition) is 0. The Hall–Kier alpha value is -1.45. The Labute approximate surface area is 81.7 Å². The number of nitrogens with zero attached hydrogens (tertiary/aromatic N) is 1. The Balaban J connectivity index is 3.12. The van der Waals surface area contributed by atoms with Crippen molar-refractivity contribution in [3.05, 3.63) is 39.7 Å². The van der Waals surface area contributed by atoms with Crippen LogP contribution in [0.25, 0.3) is 0 Å². The zero-order valence-electron chi connectivity index (χ0n) is 8.16. The van der Waals surface area contributed by atoms with Crippen molar-refractivity contribution in [1.29, 1.82) is 0 Å². The van der Waals surface area contributed by atoms with Crippen LogP contribution >= 0.6 is 0 Å². The summed E-state index contributed by atoms with van der Waals surface area (Å²) >= 11 is 0. The van der Waals surface area contributed by atoms with E-state index in [-0.39, 0.29) is 5.92 Å². The van der Waals surface area contributed by atoms with Gasteiger partial charge in [0.05, 0.1) is 4.92 Å². The van der Waals surface area contributed by atoms with Crippen molar-refractivity contribution in [3.8, 4) is 0 Å². The maximum Gasteiger partial charge on any atom is 0.305 e. The van der Waals surface area contributed by atoms with E-state index < -0.39 is 16.4 Å². The highest BCUT2D eigenvalue weighted by Gasteiger charge is 2.15. The number of benzene rings is 1. The minimum atomic E-state index is -0.776. The van der Waals surface area contributed by atoms with Gasteiger partial charge in [0.2, 0.25) is 5.82 Å². The smallest absolute Gasteiger partial charge is 0.258 e. The normalized spacial score (nSPS) is 12.5. The number of nitro benzene ring substituents is 1. The molecule has 14 heavy (non-hydrogen) atoms. The molecule has 1 atom stereocenters. The van der Waals surface area contributed by atoms with Gasteiger partial charge in [-0.15, -0.1) is 0 Å². The monoisotopic (exact) mass is 197 g/mol. The molecule has 0 spiro atoms. The minimum absolute atomic E-state index is 0.217. The predicted octanol–water partition coefficient (Wildman–Crippen LogP) is 3.25. The van der Waals surface area contributed by atoms with Crippen molar-refractivity contribution in [2.45, 2.75) is 26.2 Å². The summed E-state index contributed by atoms with van der Waals surface area (Å²) in [7, 11) is 0. The van der Waals surface area contributed by atoms with Gasteiger partial charge in [0.25, 0.3) is 0 Å². The zero-order valence-corrected chi connectivity index (χ0v) is 8.16. The molecule has 0 saturated carbocycles. The topological polar surface area (TPSA) is 43.1 Å². The highest BCUT2D eigenvalue weighted by molar-refractivity contribution is 5.37. The van der Waals surface area contributed by atoms with Gasteiger partial charge >= 0.3 is 5.69 Å². The van der Waals surface area contributed by atoms with Gasteiger partial charge in [0.1, 0.15) is 0 Å².